The van der Waals surface area contributed by atoms with Crippen molar-refractivity contribution in [1.82, 2.24) is 4.90 Å². The maximum Gasteiger partial charge on any atom is 0.227 e. The second-order valence-electron chi connectivity index (χ2n) is 6.62. The summed E-state index contributed by atoms with van der Waals surface area (Å²) in [5.41, 5.74) is 6.13. The van der Waals surface area contributed by atoms with Crippen molar-refractivity contribution in [1.29, 1.82) is 0 Å². The van der Waals surface area contributed by atoms with Crippen molar-refractivity contribution in [2.75, 3.05) is 7.05 Å². The number of carbonyl (C=O) groups is 1. The molecule has 1 amide bonds. The van der Waals surface area contributed by atoms with E-state index < -0.39 is 0 Å². The van der Waals surface area contributed by atoms with Gasteiger partial charge in [0.25, 0.3) is 0 Å². The lowest BCUT2D eigenvalue weighted by atomic mass is 9.78. The van der Waals surface area contributed by atoms with Gasteiger partial charge >= 0.3 is 0 Å². The third-order valence-electron chi connectivity index (χ3n) is 4.30. The Hall–Kier alpha value is -0.570. The van der Waals surface area contributed by atoms with Crippen LogP contribution >= 0.6 is 0 Å². The largest absolute Gasteiger partial charge is 0.343 e. The Bertz CT molecular complexity index is 278. The van der Waals surface area contributed by atoms with E-state index in [1.54, 1.807) is 0 Å². The van der Waals surface area contributed by atoms with Gasteiger partial charge in [-0.15, -0.1) is 0 Å². The molecule has 0 radical (unpaired) electrons. The first kappa shape index (κ1) is 15.5. The van der Waals surface area contributed by atoms with Gasteiger partial charge in [0.15, 0.2) is 0 Å². The van der Waals surface area contributed by atoms with E-state index in [1.807, 2.05) is 11.9 Å². The molecule has 1 rings (SSSR count). The maximum atomic E-state index is 12.5. The van der Waals surface area contributed by atoms with E-state index in [-0.39, 0.29) is 17.9 Å². The highest BCUT2D eigenvalue weighted by Crippen LogP contribution is 2.29. The summed E-state index contributed by atoms with van der Waals surface area (Å²) in [6.45, 7) is 8.76. The molecule has 4 unspecified atom stereocenters. The predicted molar refractivity (Wildman–Crippen MR) is 76.2 cm³/mol. The van der Waals surface area contributed by atoms with Gasteiger partial charge in [-0.1, -0.05) is 20.8 Å². The smallest absolute Gasteiger partial charge is 0.227 e. The van der Waals surface area contributed by atoms with Crippen LogP contribution in [-0.4, -0.2) is 29.9 Å². The molecule has 18 heavy (non-hydrogen) atoms. The highest BCUT2D eigenvalue weighted by molar-refractivity contribution is 5.79. The van der Waals surface area contributed by atoms with Crippen LogP contribution < -0.4 is 5.73 Å². The molecule has 4 atom stereocenters. The first-order valence-electron chi connectivity index (χ1n) is 7.35. The molecule has 0 aromatic carbocycles. The summed E-state index contributed by atoms with van der Waals surface area (Å²) in [5.74, 6) is 1.54. The van der Waals surface area contributed by atoms with Gasteiger partial charge in [-0.25, -0.2) is 0 Å². The average Bonchev–Trinajstić information content (AvgIpc) is 2.29. The molecular formula is C15H30N2O. The third kappa shape index (κ3) is 3.98. The number of nitrogens with two attached hydrogens (primary N) is 1. The van der Waals surface area contributed by atoms with Gasteiger partial charge in [0.05, 0.1) is 5.92 Å². The highest BCUT2D eigenvalue weighted by Gasteiger charge is 2.34. The molecule has 3 heteroatoms. The van der Waals surface area contributed by atoms with Crippen molar-refractivity contribution >= 4 is 5.91 Å². The molecule has 1 aliphatic carbocycles. The first-order chi connectivity index (χ1) is 8.32. The van der Waals surface area contributed by atoms with Crippen LogP contribution in [0.2, 0.25) is 0 Å². The molecule has 1 saturated carbocycles. The molecule has 106 valence electrons. The van der Waals surface area contributed by atoms with Crippen molar-refractivity contribution < 1.29 is 4.79 Å². The minimum absolute atomic E-state index is 0.0355. The van der Waals surface area contributed by atoms with Gasteiger partial charge in [-0.3, -0.25) is 4.79 Å². The van der Waals surface area contributed by atoms with Crippen molar-refractivity contribution in [3.63, 3.8) is 0 Å². The van der Waals surface area contributed by atoms with Gasteiger partial charge < -0.3 is 10.6 Å². The average molecular weight is 254 g/mol. The molecule has 0 spiro atoms. The van der Waals surface area contributed by atoms with E-state index in [4.69, 9.17) is 5.73 Å². The van der Waals surface area contributed by atoms with E-state index in [0.717, 1.165) is 25.7 Å². The third-order valence-corrected chi connectivity index (χ3v) is 4.30. The first-order valence-corrected chi connectivity index (χ1v) is 7.35. The quantitative estimate of drug-likeness (QED) is 0.838. The lowest BCUT2D eigenvalue weighted by Gasteiger charge is -2.36. The van der Waals surface area contributed by atoms with Crippen LogP contribution in [0, 0.1) is 17.8 Å². The summed E-state index contributed by atoms with van der Waals surface area (Å²) in [4.78, 5) is 14.4. The van der Waals surface area contributed by atoms with E-state index in [2.05, 4.69) is 27.7 Å². The van der Waals surface area contributed by atoms with Crippen LogP contribution in [0.4, 0.5) is 0 Å². The van der Waals surface area contributed by atoms with Crippen LogP contribution in [0.15, 0.2) is 0 Å². The number of rotatable bonds is 4. The summed E-state index contributed by atoms with van der Waals surface area (Å²) in [7, 11) is 1.93. The van der Waals surface area contributed by atoms with Crippen LogP contribution in [0.5, 0.6) is 0 Å². The molecule has 3 nitrogen and oxygen atoms in total. The Morgan fingerprint density at radius 1 is 1.33 bits per heavy atom. The summed E-state index contributed by atoms with van der Waals surface area (Å²) in [6.07, 6.45) is 4.17. The number of hydrogen-bond acceptors (Lipinski definition) is 2. The summed E-state index contributed by atoms with van der Waals surface area (Å²) in [6, 6.07) is 0.365. The van der Waals surface area contributed by atoms with Crippen LogP contribution in [0.3, 0.4) is 0 Å². The zero-order chi connectivity index (χ0) is 13.9. The second-order valence-corrected chi connectivity index (χ2v) is 6.62. The Balaban J connectivity index is 2.61. The zero-order valence-corrected chi connectivity index (χ0v) is 12.6. The second kappa shape index (κ2) is 6.55. The fourth-order valence-electron chi connectivity index (χ4n) is 3.01. The Morgan fingerprint density at radius 2 is 1.94 bits per heavy atom. The molecule has 2 N–H and O–H groups in total. The van der Waals surface area contributed by atoms with Crippen molar-refractivity contribution in [3.8, 4) is 0 Å². The normalized spacial score (nSPS) is 30.3. The fraction of sp³-hybridized carbons (Fsp3) is 0.933. The van der Waals surface area contributed by atoms with Crippen LogP contribution in [0.25, 0.3) is 0 Å². The zero-order valence-electron chi connectivity index (χ0n) is 12.6. The lowest BCUT2D eigenvalue weighted by Crippen LogP contribution is -2.48. The van der Waals surface area contributed by atoms with Gasteiger partial charge in [-0.2, -0.15) is 0 Å². The van der Waals surface area contributed by atoms with Crippen LogP contribution in [0.1, 0.15) is 53.4 Å². The topological polar surface area (TPSA) is 46.3 Å². The molecule has 1 fully saturated rings. The van der Waals surface area contributed by atoms with Crippen LogP contribution in [-0.2, 0) is 4.79 Å². The molecule has 0 heterocycles. The Kier molecular flexibility index (Phi) is 5.64. The van der Waals surface area contributed by atoms with Gasteiger partial charge in [-0.05, 0) is 44.4 Å². The molecule has 0 saturated heterocycles. The Morgan fingerprint density at radius 3 is 2.50 bits per heavy atom. The maximum absolute atomic E-state index is 12.5. The van der Waals surface area contributed by atoms with Crippen molar-refractivity contribution in [2.24, 2.45) is 23.5 Å². The van der Waals surface area contributed by atoms with Gasteiger partial charge in [0.1, 0.15) is 0 Å². The monoisotopic (exact) mass is 254 g/mol. The predicted octanol–water partition coefficient (Wildman–Crippen LogP) is 2.64. The van der Waals surface area contributed by atoms with Crippen molar-refractivity contribution in [2.45, 2.75) is 65.5 Å². The van der Waals surface area contributed by atoms with E-state index in [9.17, 15) is 4.79 Å². The standard InChI is InChI=1S/C15H30N2O/c1-10(2)8-12(4)17(5)15(18)13-9-11(3)6-7-14(13)16/h10-14H,6-9,16H2,1-5H3. The lowest BCUT2D eigenvalue weighted by molar-refractivity contribution is -0.138. The van der Waals surface area contributed by atoms with E-state index in [1.165, 1.54) is 0 Å². The molecule has 0 bridgehead atoms. The SMILES string of the molecule is CC(C)CC(C)N(C)C(=O)C1CC(C)CCC1N. The summed E-state index contributed by atoms with van der Waals surface area (Å²) >= 11 is 0. The number of carbonyl (C=O) groups excluding carboxylic acids is 1. The minimum atomic E-state index is 0.0355. The molecule has 1 aliphatic rings. The molecule has 0 aromatic rings. The highest BCUT2D eigenvalue weighted by atomic mass is 16.2. The minimum Gasteiger partial charge on any atom is -0.343 e. The fourth-order valence-corrected chi connectivity index (χ4v) is 3.01. The Labute approximate surface area is 112 Å². The van der Waals surface area contributed by atoms with E-state index >= 15 is 0 Å². The number of nitrogens with zero attached hydrogens (tertiary/aromatic N) is 1. The number of hydrogen-bond donors (Lipinski definition) is 1. The molecular weight excluding hydrogens is 224 g/mol. The van der Waals surface area contributed by atoms with E-state index in [0.29, 0.717) is 17.9 Å². The summed E-state index contributed by atoms with van der Waals surface area (Å²) in [5, 5.41) is 0. The molecule has 0 aliphatic heterocycles. The molecule has 0 aromatic heterocycles. The van der Waals surface area contributed by atoms with Crippen molar-refractivity contribution in [3.05, 3.63) is 0 Å². The van der Waals surface area contributed by atoms with Gasteiger partial charge in [0, 0.05) is 19.1 Å². The van der Waals surface area contributed by atoms with Gasteiger partial charge in [0.2, 0.25) is 5.91 Å². The number of amides is 1. The summed E-state index contributed by atoms with van der Waals surface area (Å²) < 4.78 is 0.